The van der Waals surface area contributed by atoms with E-state index in [0.29, 0.717) is 12.3 Å². The van der Waals surface area contributed by atoms with Gasteiger partial charge in [0.05, 0.1) is 11.5 Å². The van der Waals surface area contributed by atoms with Gasteiger partial charge in [0.25, 0.3) is 0 Å². The molecule has 0 aromatic carbocycles. The number of rotatable bonds is 4. The molecule has 1 heterocycles. The van der Waals surface area contributed by atoms with Crippen LogP contribution in [0.1, 0.15) is 19.0 Å². The minimum atomic E-state index is -0.465. The van der Waals surface area contributed by atoms with Crippen LogP contribution in [-0.4, -0.2) is 21.3 Å². The predicted molar refractivity (Wildman–Crippen MR) is 50.4 cm³/mol. The fourth-order valence-electron chi connectivity index (χ4n) is 1.07. The topological polar surface area (TPSA) is 70.2 Å². The number of hydrogen-bond acceptors (Lipinski definition) is 4. The Morgan fingerprint density at radius 1 is 1.64 bits per heavy atom. The van der Waals surface area contributed by atoms with E-state index < -0.39 is 4.92 Å². The van der Waals surface area contributed by atoms with Gasteiger partial charge in [0.1, 0.15) is 5.69 Å². The SMILES string of the molecule is CCCOc1nn(C)c(C)c1[N+](=O)[O-]. The average molecular weight is 199 g/mol. The van der Waals surface area contributed by atoms with Crippen molar-refractivity contribution in [2.24, 2.45) is 7.05 Å². The van der Waals surface area contributed by atoms with E-state index in [1.54, 1.807) is 14.0 Å². The molecule has 14 heavy (non-hydrogen) atoms. The molecule has 0 saturated heterocycles. The van der Waals surface area contributed by atoms with Crippen LogP contribution in [0.25, 0.3) is 0 Å². The van der Waals surface area contributed by atoms with Crippen molar-refractivity contribution >= 4 is 5.69 Å². The molecule has 6 nitrogen and oxygen atoms in total. The monoisotopic (exact) mass is 199 g/mol. The normalized spacial score (nSPS) is 10.2. The molecule has 0 atom stereocenters. The maximum Gasteiger partial charge on any atom is 0.352 e. The molecule has 0 aliphatic carbocycles. The smallest absolute Gasteiger partial charge is 0.352 e. The Balaban J connectivity index is 3.03. The highest BCUT2D eigenvalue weighted by molar-refractivity contribution is 5.45. The Labute approximate surface area is 81.6 Å². The Morgan fingerprint density at radius 3 is 2.79 bits per heavy atom. The van der Waals surface area contributed by atoms with Gasteiger partial charge in [-0.25, -0.2) is 0 Å². The van der Waals surface area contributed by atoms with Gasteiger partial charge in [-0.05, 0) is 13.3 Å². The Bertz CT molecular complexity index is 346. The zero-order valence-corrected chi connectivity index (χ0v) is 8.48. The first-order valence-electron chi connectivity index (χ1n) is 4.38. The van der Waals surface area contributed by atoms with Crippen LogP contribution in [0.2, 0.25) is 0 Å². The minimum absolute atomic E-state index is 0.0408. The van der Waals surface area contributed by atoms with E-state index in [4.69, 9.17) is 4.74 Å². The van der Waals surface area contributed by atoms with E-state index >= 15 is 0 Å². The van der Waals surface area contributed by atoms with E-state index in [0.717, 1.165) is 6.42 Å². The maximum absolute atomic E-state index is 10.7. The van der Waals surface area contributed by atoms with Gasteiger partial charge in [-0.2, -0.15) is 0 Å². The molecule has 0 spiro atoms. The molecule has 0 fully saturated rings. The summed E-state index contributed by atoms with van der Waals surface area (Å²) in [7, 11) is 1.65. The summed E-state index contributed by atoms with van der Waals surface area (Å²) in [5.41, 5.74) is 0.460. The van der Waals surface area contributed by atoms with Crippen LogP contribution in [0.4, 0.5) is 5.69 Å². The molecule has 1 aromatic rings. The number of aryl methyl sites for hydroxylation is 1. The third-order valence-corrected chi connectivity index (χ3v) is 1.90. The second-order valence-corrected chi connectivity index (χ2v) is 2.97. The lowest BCUT2D eigenvalue weighted by atomic mass is 10.4. The standard InChI is InChI=1S/C8H13N3O3/c1-4-5-14-8-7(11(12)13)6(2)10(3)9-8/h4-5H2,1-3H3. The lowest BCUT2D eigenvalue weighted by Gasteiger charge is -1.98. The van der Waals surface area contributed by atoms with Crippen molar-refractivity contribution in [2.75, 3.05) is 6.61 Å². The van der Waals surface area contributed by atoms with Crippen LogP contribution in [0.15, 0.2) is 0 Å². The van der Waals surface area contributed by atoms with Crippen LogP contribution < -0.4 is 4.74 Å². The Morgan fingerprint density at radius 2 is 2.29 bits per heavy atom. The second-order valence-electron chi connectivity index (χ2n) is 2.97. The minimum Gasteiger partial charge on any atom is -0.472 e. The number of hydrogen-bond donors (Lipinski definition) is 0. The molecule has 78 valence electrons. The summed E-state index contributed by atoms with van der Waals surface area (Å²) in [5, 5.41) is 14.6. The van der Waals surface area contributed by atoms with Crippen molar-refractivity contribution in [1.82, 2.24) is 9.78 Å². The van der Waals surface area contributed by atoms with Crippen LogP contribution in [0, 0.1) is 17.0 Å². The first-order chi connectivity index (χ1) is 6.57. The van der Waals surface area contributed by atoms with E-state index in [9.17, 15) is 10.1 Å². The van der Waals surface area contributed by atoms with Crippen molar-refractivity contribution in [3.63, 3.8) is 0 Å². The first kappa shape index (κ1) is 10.5. The van der Waals surface area contributed by atoms with Gasteiger partial charge in [-0.1, -0.05) is 6.92 Å². The van der Waals surface area contributed by atoms with Crippen LogP contribution >= 0.6 is 0 Å². The molecule has 1 aromatic heterocycles. The third-order valence-electron chi connectivity index (χ3n) is 1.90. The summed E-state index contributed by atoms with van der Waals surface area (Å²) in [6.07, 6.45) is 0.798. The molecule has 0 bridgehead atoms. The van der Waals surface area contributed by atoms with Crippen molar-refractivity contribution in [1.29, 1.82) is 0 Å². The van der Waals surface area contributed by atoms with Gasteiger partial charge in [-0.15, -0.1) is 5.10 Å². The highest BCUT2D eigenvalue weighted by atomic mass is 16.6. The summed E-state index contributed by atoms with van der Waals surface area (Å²) in [6.45, 7) is 4.02. The third kappa shape index (κ3) is 1.84. The molecule has 0 aliphatic heterocycles. The van der Waals surface area contributed by atoms with E-state index in [2.05, 4.69) is 5.10 Å². The van der Waals surface area contributed by atoms with Crippen molar-refractivity contribution < 1.29 is 9.66 Å². The highest BCUT2D eigenvalue weighted by Gasteiger charge is 2.24. The molecule has 1 rings (SSSR count). The quantitative estimate of drug-likeness (QED) is 0.543. The Hall–Kier alpha value is -1.59. The lowest BCUT2D eigenvalue weighted by molar-refractivity contribution is -0.386. The van der Waals surface area contributed by atoms with Gasteiger partial charge in [0.15, 0.2) is 0 Å². The molecule has 6 heteroatoms. The lowest BCUT2D eigenvalue weighted by Crippen LogP contribution is -1.98. The molecular formula is C8H13N3O3. The summed E-state index contributed by atoms with van der Waals surface area (Å²) in [6, 6.07) is 0. The summed E-state index contributed by atoms with van der Waals surface area (Å²) in [5.74, 6) is 0.108. The van der Waals surface area contributed by atoms with Crippen molar-refractivity contribution in [2.45, 2.75) is 20.3 Å². The average Bonchev–Trinajstić information content (AvgIpc) is 2.39. The first-order valence-corrected chi connectivity index (χ1v) is 4.38. The van der Waals surface area contributed by atoms with Crippen molar-refractivity contribution in [3.05, 3.63) is 15.8 Å². The Kier molecular flexibility index (Phi) is 3.06. The van der Waals surface area contributed by atoms with Crippen molar-refractivity contribution in [3.8, 4) is 5.88 Å². The maximum atomic E-state index is 10.7. The predicted octanol–water partition coefficient (Wildman–Crippen LogP) is 1.43. The van der Waals surface area contributed by atoms with Gasteiger partial charge in [0, 0.05) is 7.05 Å². The number of aromatic nitrogens is 2. The zero-order chi connectivity index (χ0) is 10.7. The zero-order valence-electron chi connectivity index (χ0n) is 8.48. The highest BCUT2D eigenvalue weighted by Crippen LogP contribution is 2.28. The largest absolute Gasteiger partial charge is 0.472 e. The molecule has 0 N–H and O–H groups in total. The van der Waals surface area contributed by atoms with E-state index in [1.165, 1.54) is 4.68 Å². The molecule has 0 radical (unpaired) electrons. The fourth-order valence-corrected chi connectivity index (χ4v) is 1.07. The number of nitrogens with zero attached hydrogens (tertiary/aromatic N) is 3. The van der Waals surface area contributed by atoms with Gasteiger partial charge < -0.3 is 4.74 Å². The van der Waals surface area contributed by atoms with Gasteiger partial charge >= 0.3 is 11.6 Å². The summed E-state index contributed by atoms with van der Waals surface area (Å²) < 4.78 is 6.62. The molecule has 0 amide bonds. The second kappa shape index (κ2) is 4.08. The van der Waals surface area contributed by atoms with Crippen LogP contribution in [0.5, 0.6) is 5.88 Å². The molecule has 0 aliphatic rings. The van der Waals surface area contributed by atoms with Crippen LogP contribution in [0.3, 0.4) is 0 Å². The molecule has 0 unspecified atom stereocenters. The van der Waals surface area contributed by atoms with Gasteiger partial charge in [0.2, 0.25) is 0 Å². The number of ether oxygens (including phenoxy) is 1. The number of nitro groups is 1. The molecule has 0 saturated carbocycles. The summed E-state index contributed by atoms with van der Waals surface area (Å²) >= 11 is 0. The van der Waals surface area contributed by atoms with E-state index in [1.807, 2.05) is 6.92 Å². The van der Waals surface area contributed by atoms with Gasteiger partial charge in [-0.3, -0.25) is 14.8 Å². The fraction of sp³-hybridized carbons (Fsp3) is 0.625. The van der Waals surface area contributed by atoms with Crippen LogP contribution in [-0.2, 0) is 7.05 Å². The summed E-state index contributed by atoms with van der Waals surface area (Å²) in [4.78, 5) is 10.2. The molecular weight excluding hydrogens is 186 g/mol. The van der Waals surface area contributed by atoms with E-state index in [-0.39, 0.29) is 11.6 Å².